The third-order valence-electron chi connectivity index (χ3n) is 4.44. The minimum Gasteiger partial charge on any atom is -0.394 e. The van der Waals surface area contributed by atoms with E-state index in [-0.39, 0.29) is 18.2 Å². The molecular formula is C18H29NO2. The van der Waals surface area contributed by atoms with Gasteiger partial charge in [0.05, 0.1) is 12.7 Å². The lowest BCUT2D eigenvalue weighted by atomic mass is 9.89. The SMILES string of the molecule is CCCNC(C)(CO)CCOC1CCCc2ccccc21. The number of aryl methyl sites for hydroxylation is 1. The molecule has 0 bridgehead atoms. The Morgan fingerprint density at radius 1 is 1.38 bits per heavy atom. The molecule has 0 spiro atoms. The maximum absolute atomic E-state index is 9.59. The summed E-state index contributed by atoms with van der Waals surface area (Å²) in [6, 6.07) is 8.62. The zero-order valence-electron chi connectivity index (χ0n) is 13.4. The standard InChI is InChI=1S/C18H29NO2/c1-3-12-19-18(2,14-20)11-13-21-17-10-6-8-15-7-4-5-9-16(15)17/h4-5,7,9,17,19-20H,3,6,8,10-14H2,1-2H3. The Morgan fingerprint density at radius 2 is 2.19 bits per heavy atom. The average molecular weight is 291 g/mol. The van der Waals surface area contributed by atoms with E-state index in [0.717, 1.165) is 25.8 Å². The fourth-order valence-electron chi connectivity index (χ4n) is 2.96. The number of rotatable bonds is 8. The molecule has 0 radical (unpaired) electrons. The van der Waals surface area contributed by atoms with Crippen molar-refractivity contribution in [1.82, 2.24) is 5.32 Å². The van der Waals surface area contributed by atoms with Crippen LogP contribution in [0.1, 0.15) is 56.8 Å². The molecule has 0 amide bonds. The smallest absolute Gasteiger partial charge is 0.0827 e. The largest absolute Gasteiger partial charge is 0.394 e. The van der Waals surface area contributed by atoms with Crippen LogP contribution in [0.5, 0.6) is 0 Å². The molecule has 1 aliphatic rings. The van der Waals surface area contributed by atoms with Gasteiger partial charge in [0.25, 0.3) is 0 Å². The summed E-state index contributed by atoms with van der Waals surface area (Å²) < 4.78 is 6.14. The Morgan fingerprint density at radius 3 is 2.95 bits per heavy atom. The molecule has 2 atom stereocenters. The molecule has 21 heavy (non-hydrogen) atoms. The number of aliphatic hydroxyl groups is 1. The van der Waals surface area contributed by atoms with Crippen LogP contribution in [0.3, 0.4) is 0 Å². The summed E-state index contributed by atoms with van der Waals surface area (Å²) in [6.07, 6.45) is 5.61. The van der Waals surface area contributed by atoms with E-state index in [0.29, 0.717) is 6.61 Å². The topological polar surface area (TPSA) is 41.5 Å². The molecule has 3 nitrogen and oxygen atoms in total. The average Bonchev–Trinajstić information content (AvgIpc) is 2.53. The summed E-state index contributed by atoms with van der Waals surface area (Å²) in [7, 11) is 0. The van der Waals surface area contributed by atoms with Crippen LogP contribution < -0.4 is 5.32 Å². The molecule has 1 aromatic rings. The van der Waals surface area contributed by atoms with Gasteiger partial charge < -0.3 is 15.2 Å². The van der Waals surface area contributed by atoms with Gasteiger partial charge in [0.2, 0.25) is 0 Å². The fourth-order valence-corrected chi connectivity index (χ4v) is 2.96. The summed E-state index contributed by atoms with van der Waals surface area (Å²) in [5.41, 5.74) is 2.56. The van der Waals surface area contributed by atoms with Crippen LogP contribution in [0.4, 0.5) is 0 Å². The van der Waals surface area contributed by atoms with Crippen LogP contribution in [0.15, 0.2) is 24.3 Å². The minimum atomic E-state index is -0.232. The zero-order chi connectivity index (χ0) is 15.1. The number of hydrogen-bond acceptors (Lipinski definition) is 3. The van der Waals surface area contributed by atoms with Crippen molar-refractivity contribution in [2.75, 3.05) is 19.8 Å². The molecule has 1 aliphatic carbocycles. The summed E-state index contributed by atoms with van der Waals surface area (Å²) in [4.78, 5) is 0. The van der Waals surface area contributed by atoms with Gasteiger partial charge in [0.1, 0.15) is 0 Å². The van der Waals surface area contributed by atoms with Crippen molar-refractivity contribution >= 4 is 0 Å². The fraction of sp³-hybridized carbons (Fsp3) is 0.667. The monoisotopic (exact) mass is 291 g/mol. The van der Waals surface area contributed by atoms with E-state index in [9.17, 15) is 5.11 Å². The van der Waals surface area contributed by atoms with E-state index in [4.69, 9.17) is 4.74 Å². The van der Waals surface area contributed by atoms with Crippen molar-refractivity contribution in [3.8, 4) is 0 Å². The highest BCUT2D eigenvalue weighted by atomic mass is 16.5. The van der Waals surface area contributed by atoms with Crippen molar-refractivity contribution in [3.63, 3.8) is 0 Å². The van der Waals surface area contributed by atoms with Gasteiger partial charge in [0.15, 0.2) is 0 Å². The Hall–Kier alpha value is -0.900. The van der Waals surface area contributed by atoms with Gasteiger partial charge in [-0.15, -0.1) is 0 Å². The molecule has 0 saturated carbocycles. The zero-order valence-corrected chi connectivity index (χ0v) is 13.4. The highest BCUT2D eigenvalue weighted by Gasteiger charge is 2.24. The molecule has 118 valence electrons. The molecule has 0 heterocycles. The molecule has 2 rings (SSSR count). The van der Waals surface area contributed by atoms with Crippen LogP contribution in [-0.2, 0) is 11.2 Å². The maximum Gasteiger partial charge on any atom is 0.0827 e. The Labute approximate surface area is 128 Å². The summed E-state index contributed by atoms with van der Waals surface area (Å²) in [5, 5.41) is 13.0. The molecule has 2 N–H and O–H groups in total. The number of ether oxygens (including phenoxy) is 1. The van der Waals surface area contributed by atoms with Gasteiger partial charge in [-0.1, -0.05) is 31.2 Å². The first-order valence-corrected chi connectivity index (χ1v) is 8.24. The number of nitrogens with one attached hydrogen (secondary N) is 1. The molecule has 0 aromatic heterocycles. The van der Waals surface area contributed by atoms with Crippen LogP contribution in [0, 0.1) is 0 Å². The minimum absolute atomic E-state index is 0.150. The first-order chi connectivity index (χ1) is 10.2. The van der Waals surface area contributed by atoms with Gasteiger partial charge in [-0.2, -0.15) is 0 Å². The Bertz CT molecular complexity index is 435. The van der Waals surface area contributed by atoms with Crippen LogP contribution in [-0.4, -0.2) is 30.4 Å². The van der Waals surface area contributed by atoms with Crippen molar-refractivity contribution in [2.24, 2.45) is 0 Å². The third-order valence-corrected chi connectivity index (χ3v) is 4.44. The molecule has 0 fully saturated rings. The second-order valence-corrected chi connectivity index (χ2v) is 6.35. The van der Waals surface area contributed by atoms with Gasteiger partial charge in [-0.05, 0) is 56.7 Å². The first-order valence-electron chi connectivity index (χ1n) is 8.24. The predicted molar refractivity (Wildman–Crippen MR) is 86.5 cm³/mol. The lowest BCUT2D eigenvalue weighted by Gasteiger charge is -2.31. The van der Waals surface area contributed by atoms with Gasteiger partial charge >= 0.3 is 0 Å². The molecule has 1 aromatic carbocycles. The van der Waals surface area contributed by atoms with Crippen LogP contribution >= 0.6 is 0 Å². The van der Waals surface area contributed by atoms with E-state index in [1.54, 1.807) is 0 Å². The number of aliphatic hydroxyl groups excluding tert-OH is 1. The molecular weight excluding hydrogens is 262 g/mol. The van der Waals surface area contributed by atoms with Gasteiger partial charge in [-0.25, -0.2) is 0 Å². The predicted octanol–water partition coefficient (Wildman–Crippen LogP) is 3.22. The lowest BCUT2D eigenvalue weighted by molar-refractivity contribution is 0.0207. The van der Waals surface area contributed by atoms with Crippen molar-refractivity contribution < 1.29 is 9.84 Å². The summed E-state index contributed by atoms with van der Waals surface area (Å²) >= 11 is 0. The molecule has 2 unspecified atom stereocenters. The molecule has 0 aliphatic heterocycles. The van der Waals surface area contributed by atoms with Crippen molar-refractivity contribution in [3.05, 3.63) is 35.4 Å². The third kappa shape index (κ3) is 4.53. The van der Waals surface area contributed by atoms with Crippen molar-refractivity contribution in [1.29, 1.82) is 0 Å². The number of fused-ring (bicyclic) bond motifs is 1. The highest BCUT2D eigenvalue weighted by Crippen LogP contribution is 2.32. The Kier molecular flexibility index (Phi) is 6.22. The van der Waals surface area contributed by atoms with Crippen molar-refractivity contribution in [2.45, 2.75) is 57.6 Å². The van der Waals surface area contributed by atoms with Gasteiger partial charge in [0, 0.05) is 12.1 Å². The molecule has 3 heteroatoms. The second kappa shape index (κ2) is 7.92. The van der Waals surface area contributed by atoms with E-state index in [2.05, 4.69) is 43.4 Å². The highest BCUT2D eigenvalue weighted by molar-refractivity contribution is 5.31. The quantitative estimate of drug-likeness (QED) is 0.772. The lowest BCUT2D eigenvalue weighted by Crippen LogP contribution is -2.47. The van der Waals surface area contributed by atoms with E-state index in [1.165, 1.54) is 24.0 Å². The first kappa shape index (κ1) is 16.5. The normalized spacial score (nSPS) is 20.8. The summed E-state index contributed by atoms with van der Waals surface area (Å²) in [5.74, 6) is 0. The molecule has 0 saturated heterocycles. The van der Waals surface area contributed by atoms with Gasteiger partial charge in [-0.3, -0.25) is 0 Å². The summed E-state index contributed by atoms with van der Waals surface area (Å²) in [6.45, 7) is 5.98. The van der Waals surface area contributed by atoms with E-state index >= 15 is 0 Å². The maximum atomic E-state index is 9.59. The van der Waals surface area contributed by atoms with Crippen LogP contribution in [0.2, 0.25) is 0 Å². The second-order valence-electron chi connectivity index (χ2n) is 6.35. The van der Waals surface area contributed by atoms with E-state index in [1.807, 2.05) is 0 Å². The van der Waals surface area contributed by atoms with Crippen LogP contribution in [0.25, 0.3) is 0 Å². The van der Waals surface area contributed by atoms with E-state index < -0.39 is 0 Å². The number of hydrogen-bond donors (Lipinski definition) is 2. The Balaban J connectivity index is 1.86. The number of benzene rings is 1.